The minimum atomic E-state index is -0.982. The van der Waals surface area contributed by atoms with E-state index in [1.54, 1.807) is 10.6 Å². The maximum absolute atomic E-state index is 13.1. The molecular formula is C12H11ClFN3O3S. The molecule has 112 valence electrons. The molecule has 0 aliphatic carbocycles. The first-order valence-electron chi connectivity index (χ1n) is 5.82. The van der Waals surface area contributed by atoms with Crippen LogP contribution in [0, 0.1) is 5.82 Å². The molecule has 0 bridgehead atoms. The van der Waals surface area contributed by atoms with Crippen LogP contribution in [0.15, 0.2) is 23.4 Å². The van der Waals surface area contributed by atoms with Crippen molar-refractivity contribution in [1.29, 1.82) is 0 Å². The van der Waals surface area contributed by atoms with Gasteiger partial charge in [0.15, 0.2) is 11.0 Å². The topological polar surface area (TPSA) is 88.2 Å². The second-order valence-electron chi connectivity index (χ2n) is 4.07. The van der Waals surface area contributed by atoms with Crippen LogP contribution in [0.4, 0.5) is 4.39 Å². The molecule has 6 nitrogen and oxygen atoms in total. The number of aliphatic hydroxyl groups excluding tert-OH is 1. The Labute approximate surface area is 128 Å². The molecule has 0 atom stereocenters. The molecule has 1 aromatic heterocycles. The van der Waals surface area contributed by atoms with Crippen LogP contribution < -0.4 is 0 Å². The number of carboxylic acids is 1. The van der Waals surface area contributed by atoms with Crippen molar-refractivity contribution in [2.45, 2.75) is 18.3 Å². The van der Waals surface area contributed by atoms with Gasteiger partial charge in [0, 0.05) is 0 Å². The summed E-state index contributed by atoms with van der Waals surface area (Å²) >= 11 is 6.71. The average molecular weight is 332 g/mol. The van der Waals surface area contributed by atoms with E-state index in [-0.39, 0.29) is 23.9 Å². The van der Waals surface area contributed by atoms with Crippen LogP contribution in [-0.4, -0.2) is 36.7 Å². The van der Waals surface area contributed by atoms with Gasteiger partial charge in [0.1, 0.15) is 12.4 Å². The van der Waals surface area contributed by atoms with Gasteiger partial charge in [-0.25, -0.2) is 4.39 Å². The van der Waals surface area contributed by atoms with E-state index in [9.17, 15) is 14.3 Å². The van der Waals surface area contributed by atoms with Crippen LogP contribution in [0.1, 0.15) is 11.4 Å². The minimum Gasteiger partial charge on any atom is -0.481 e. The van der Waals surface area contributed by atoms with E-state index in [1.807, 2.05) is 0 Å². The number of aromatic nitrogens is 3. The van der Waals surface area contributed by atoms with Crippen LogP contribution >= 0.6 is 23.4 Å². The van der Waals surface area contributed by atoms with Gasteiger partial charge in [-0.3, -0.25) is 9.36 Å². The molecule has 0 spiro atoms. The summed E-state index contributed by atoms with van der Waals surface area (Å²) in [6, 6.07) is 4.25. The molecule has 21 heavy (non-hydrogen) atoms. The van der Waals surface area contributed by atoms with E-state index in [1.165, 1.54) is 12.1 Å². The first kappa shape index (κ1) is 15.7. The number of carbonyl (C=O) groups is 1. The predicted octanol–water partition coefficient (Wildman–Crippen LogP) is 1.79. The number of hydrogen-bond acceptors (Lipinski definition) is 5. The molecule has 0 amide bonds. The summed E-state index contributed by atoms with van der Waals surface area (Å²) in [6.45, 7) is -0.0829. The molecule has 0 aliphatic heterocycles. The lowest BCUT2D eigenvalue weighted by Gasteiger charge is -2.09. The zero-order valence-electron chi connectivity index (χ0n) is 10.7. The van der Waals surface area contributed by atoms with Crippen LogP contribution in [0.3, 0.4) is 0 Å². The Bertz CT molecular complexity index is 665. The molecule has 2 aromatic rings. The summed E-state index contributed by atoms with van der Waals surface area (Å²) < 4.78 is 14.7. The third-order valence-corrected chi connectivity index (χ3v) is 3.83. The third-order valence-electron chi connectivity index (χ3n) is 2.58. The highest BCUT2D eigenvalue weighted by Gasteiger charge is 2.14. The van der Waals surface area contributed by atoms with E-state index in [0.29, 0.717) is 16.5 Å². The summed E-state index contributed by atoms with van der Waals surface area (Å²) in [6.07, 6.45) is 0. The van der Waals surface area contributed by atoms with Gasteiger partial charge in [-0.05, 0) is 17.7 Å². The summed E-state index contributed by atoms with van der Waals surface area (Å²) in [7, 11) is 0. The van der Waals surface area contributed by atoms with Gasteiger partial charge in [-0.15, -0.1) is 10.2 Å². The van der Waals surface area contributed by atoms with Crippen molar-refractivity contribution in [3.05, 3.63) is 40.4 Å². The maximum Gasteiger partial charge on any atom is 0.313 e. The Morgan fingerprint density at radius 1 is 1.43 bits per heavy atom. The van der Waals surface area contributed by atoms with Crippen LogP contribution in [-0.2, 0) is 17.9 Å². The van der Waals surface area contributed by atoms with E-state index in [4.69, 9.17) is 16.7 Å². The molecular weight excluding hydrogens is 321 g/mol. The monoisotopic (exact) mass is 331 g/mol. The number of carboxylic acid groups (broad SMARTS) is 1. The molecule has 0 fully saturated rings. The number of thioether (sulfide) groups is 1. The van der Waals surface area contributed by atoms with E-state index in [0.717, 1.165) is 11.8 Å². The lowest BCUT2D eigenvalue weighted by Crippen LogP contribution is -2.08. The van der Waals surface area contributed by atoms with Gasteiger partial charge >= 0.3 is 5.97 Å². The molecule has 0 unspecified atom stereocenters. The molecule has 1 heterocycles. The molecule has 1 aromatic carbocycles. The smallest absolute Gasteiger partial charge is 0.313 e. The highest BCUT2D eigenvalue weighted by molar-refractivity contribution is 7.99. The number of nitrogens with zero attached hydrogens (tertiary/aromatic N) is 3. The molecule has 9 heteroatoms. The second-order valence-corrected chi connectivity index (χ2v) is 5.42. The van der Waals surface area contributed by atoms with E-state index in [2.05, 4.69) is 10.2 Å². The lowest BCUT2D eigenvalue weighted by molar-refractivity contribution is -0.133. The van der Waals surface area contributed by atoms with E-state index >= 15 is 0 Å². The fourth-order valence-corrected chi connectivity index (χ4v) is 2.53. The summed E-state index contributed by atoms with van der Waals surface area (Å²) in [5.74, 6) is -1.38. The van der Waals surface area contributed by atoms with Gasteiger partial charge < -0.3 is 10.2 Å². The highest BCUT2D eigenvalue weighted by atomic mass is 35.5. The lowest BCUT2D eigenvalue weighted by atomic mass is 10.2. The molecule has 0 aliphatic rings. The van der Waals surface area contributed by atoms with Crippen LogP contribution in [0.25, 0.3) is 0 Å². The van der Waals surface area contributed by atoms with E-state index < -0.39 is 11.8 Å². The van der Waals surface area contributed by atoms with Crippen molar-refractivity contribution in [2.75, 3.05) is 5.75 Å². The molecule has 0 saturated carbocycles. The Morgan fingerprint density at radius 2 is 2.19 bits per heavy atom. The largest absolute Gasteiger partial charge is 0.481 e. The first-order valence-corrected chi connectivity index (χ1v) is 7.19. The number of aliphatic hydroxyl groups is 1. The van der Waals surface area contributed by atoms with Crippen molar-refractivity contribution >= 4 is 29.3 Å². The second kappa shape index (κ2) is 6.88. The van der Waals surface area contributed by atoms with Gasteiger partial charge in [0.05, 0.1) is 17.3 Å². The first-order chi connectivity index (χ1) is 10.0. The quantitative estimate of drug-likeness (QED) is 0.785. The number of hydrogen-bond donors (Lipinski definition) is 2. The molecule has 2 rings (SSSR count). The van der Waals surface area contributed by atoms with Gasteiger partial charge in [-0.2, -0.15) is 0 Å². The summed E-state index contributed by atoms with van der Waals surface area (Å²) in [5, 5.41) is 25.9. The standard InChI is InChI=1S/C12H11ClFN3O3S/c13-8-3-7(1-2-9(8)14)4-17-10(5-18)15-16-12(17)21-6-11(19)20/h1-3,18H,4-6H2,(H,19,20). The van der Waals surface area contributed by atoms with Gasteiger partial charge in [0.2, 0.25) is 0 Å². The van der Waals surface area contributed by atoms with Crippen molar-refractivity contribution in [2.24, 2.45) is 0 Å². The van der Waals surface area contributed by atoms with Gasteiger partial charge in [0.25, 0.3) is 0 Å². The Kier molecular flexibility index (Phi) is 5.16. The Balaban J connectivity index is 2.26. The maximum atomic E-state index is 13.1. The Hall–Kier alpha value is -1.64. The number of rotatable bonds is 6. The minimum absolute atomic E-state index is 0.00846. The highest BCUT2D eigenvalue weighted by Crippen LogP contribution is 2.21. The average Bonchev–Trinajstić information content (AvgIpc) is 2.82. The number of benzene rings is 1. The summed E-state index contributed by atoms with van der Waals surface area (Å²) in [5.41, 5.74) is 0.688. The predicted molar refractivity (Wildman–Crippen MR) is 74.8 cm³/mol. The van der Waals surface area contributed by atoms with Crippen molar-refractivity contribution in [1.82, 2.24) is 14.8 Å². The normalized spacial score (nSPS) is 10.8. The Morgan fingerprint density at radius 3 is 2.81 bits per heavy atom. The van der Waals surface area contributed by atoms with Crippen molar-refractivity contribution in [3.63, 3.8) is 0 Å². The zero-order chi connectivity index (χ0) is 15.4. The fourth-order valence-electron chi connectivity index (χ4n) is 1.65. The molecule has 0 saturated heterocycles. The van der Waals surface area contributed by atoms with Crippen LogP contribution in [0.2, 0.25) is 5.02 Å². The number of halogens is 2. The molecule has 2 N–H and O–H groups in total. The number of aliphatic carboxylic acids is 1. The SMILES string of the molecule is O=C(O)CSc1nnc(CO)n1Cc1ccc(F)c(Cl)c1. The zero-order valence-corrected chi connectivity index (χ0v) is 12.2. The van der Waals surface area contributed by atoms with Gasteiger partial charge in [-0.1, -0.05) is 29.4 Å². The van der Waals surface area contributed by atoms with Crippen LogP contribution in [0.5, 0.6) is 0 Å². The fraction of sp³-hybridized carbons (Fsp3) is 0.250. The van der Waals surface area contributed by atoms with Crippen molar-refractivity contribution < 1.29 is 19.4 Å². The third kappa shape index (κ3) is 3.93. The summed E-state index contributed by atoms with van der Waals surface area (Å²) in [4.78, 5) is 10.6. The molecule has 0 radical (unpaired) electrons. The van der Waals surface area contributed by atoms with Crippen molar-refractivity contribution in [3.8, 4) is 0 Å².